The highest BCUT2D eigenvalue weighted by Gasteiger charge is 2.25. The lowest BCUT2D eigenvalue weighted by Crippen LogP contribution is -2.27. The fourth-order valence-electron chi connectivity index (χ4n) is 1.89. The molecule has 0 heterocycles. The van der Waals surface area contributed by atoms with E-state index in [-0.39, 0.29) is 10.7 Å². The van der Waals surface area contributed by atoms with Crippen molar-refractivity contribution in [2.75, 3.05) is 25.5 Å². The van der Waals surface area contributed by atoms with E-state index in [2.05, 4.69) is 17.3 Å². The molecule has 0 aromatic heterocycles. The second kappa shape index (κ2) is 5.94. The Morgan fingerprint density at radius 3 is 2.63 bits per heavy atom. The van der Waals surface area contributed by atoms with Crippen molar-refractivity contribution in [2.24, 2.45) is 0 Å². The summed E-state index contributed by atoms with van der Waals surface area (Å²) in [4.78, 5) is 12.7. The molecule has 1 aliphatic carbocycles. The van der Waals surface area contributed by atoms with E-state index >= 15 is 0 Å². The topological polar surface area (TPSA) is 58.4 Å². The van der Waals surface area contributed by atoms with E-state index in [9.17, 15) is 10.1 Å². The monoisotopic (exact) mass is 303 g/mol. The second-order valence-corrected chi connectivity index (χ2v) is 5.49. The van der Waals surface area contributed by atoms with Crippen molar-refractivity contribution in [1.82, 2.24) is 4.90 Å². The molecule has 2 rings (SSSR count). The fraction of sp³-hybridized carbons (Fsp3) is 0.500. The minimum Gasteiger partial charge on any atom is -0.378 e. The molecular formula is C12H15Cl2N3O2. The number of nitrogens with zero attached hydrogens (tertiary/aromatic N) is 2. The van der Waals surface area contributed by atoms with Crippen LogP contribution in [-0.2, 0) is 0 Å². The normalized spacial score (nSPS) is 14.7. The Bertz CT molecular complexity index is 492. The summed E-state index contributed by atoms with van der Waals surface area (Å²) in [6, 6.07) is 3.45. The Hall–Kier alpha value is -1.04. The molecule has 1 aromatic carbocycles. The summed E-state index contributed by atoms with van der Waals surface area (Å²) < 4.78 is 0. The van der Waals surface area contributed by atoms with Crippen LogP contribution in [-0.4, -0.2) is 36.0 Å². The van der Waals surface area contributed by atoms with Crippen LogP contribution in [0, 0.1) is 10.1 Å². The van der Waals surface area contributed by atoms with Crippen molar-refractivity contribution >= 4 is 34.6 Å². The van der Waals surface area contributed by atoms with Gasteiger partial charge in [0.2, 0.25) is 0 Å². The number of rotatable bonds is 6. The number of nitro groups is 1. The molecule has 0 atom stereocenters. The van der Waals surface area contributed by atoms with Crippen molar-refractivity contribution < 1.29 is 4.92 Å². The van der Waals surface area contributed by atoms with E-state index in [0.717, 1.165) is 6.54 Å². The minimum absolute atomic E-state index is 0.0523. The fourth-order valence-corrected chi connectivity index (χ4v) is 2.22. The Morgan fingerprint density at radius 1 is 1.42 bits per heavy atom. The minimum atomic E-state index is -0.463. The highest BCUT2D eigenvalue weighted by molar-refractivity contribution is 6.42. The first-order valence-electron chi connectivity index (χ1n) is 6.06. The number of nitro benzene ring substituents is 1. The third-order valence-electron chi connectivity index (χ3n) is 3.19. The van der Waals surface area contributed by atoms with E-state index in [1.54, 1.807) is 0 Å². The van der Waals surface area contributed by atoms with E-state index in [1.165, 1.54) is 25.0 Å². The predicted molar refractivity (Wildman–Crippen MR) is 77.3 cm³/mol. The van der Waals surface area contributed by atoms with Gasteiger partial charge in [0.25, 0.3) is 5.69 Å². The van der Waals surface area contributed by atoms with Gasteiger partial charge in [-0.15, -0.1) is 0 Å². The molecule has 104 valence electrons. The van der Waals surface area contributed by atoms with E-state index in [4.69, 9.17) is 23.2 Å². The SMILES string of the molecule is CN(CCNc1cc(Cl)c(Cl)cc1[N+](=O)[O-])C1CC1. The van der Waals surface area contributed by atoms with Gasteiger partial charge in [-0.1, -0.05) is 23.2 Å². The largest absolute Gasteiger partial charge is 0.378 e. The zero-order valence-corrected chi connectivity index (χ0v) is 12.0. The van der Waals surface area contributed by atoms with Gasteiger partial charge in [0.15, 0.2) is 0 Å². The van der Waals surface area contributed by atoms with Crippen molar-refractivity contribution in [2.45, 2.75) is 18.9 Å². The summed E-state index contributed by atoms with van der Waals surface area (Å²) in [6.45, 7) is 1.47. The van der Waals surface area contributed by atoms with Gasteiger partial charge < -0.3 is 10.2 Å². The molecule has 19 heavy (non-hydrogen) atoms. The van der Waals surface area contributed by atoms with Crippen molar-refractivity contribution in [3.8, 4) is 0 Å². The van der Waals surface area contributed by atoms with Crippen molar-refractivity contribution in [1.29, 1.82) is 0 Å². The number of likely N-dealkylation sites (N-methyl/N-ethyl adjacent to an activating group) is 1. The highest BCUT2D eigenvalue weighted by atomic mass is 35.5. The standard InChI is InChI=1S/C12H15Cl2N3O2/c1-16(8-2-3-8)5-4-15-11-6-9(13)10(14)7-12(11)17(18)19/h6-8,15H,2-5H2,1H3. The molecule has 0 saturated heterocycles. The van der Waals surface area contributed by atoms with Gasteiger partial charge in [0, 0.05) is 25.2 Å². The number of anilines is 1. The van der Waals surface area contributed by atoms with Crippen LogP contribution in [0.2, 0.25) is 10.0 Å². The van der Waals surface area contributed by atoms with Crippen LogP contribution in [0.5, 0.6) is 0 Å². The highest BCUT2D eigenvalue weighted by Crippen LogP contribution is 2.34. The Labute approximate surface area is 121 Å². The molecule has 1 fully saturated rings. The number of hydrogen-bond acceptors (Lipinski definition) is 4. The summed E-state index contributed by atoms with van der Waals surface area (Å²) in [7, 11) is 2.06. The molecule has 0 bridgehead atoms. The zero-order chi connectivity index (χ0) is 14.0. The number of halogens is 2. The van der Waals surface area contributed by atoms with Crippen LogP contribution in [0.25, 0.3) is 0 Å². The molecule has 7 heteroatoms. The Morgan fingerprint density at radius 2 is 2.05 bits per heavy atom. The van der Waals surface area contributed by atoms with Crippen LogP contribution < -0.4 is 5.32 Å². The maximum Gasteiger partial charge on any atom is 0.293 e. The Kier molecular flexibility index (Phi) is 4.50. The third-order valence-corrected chi connectivity index (χ3v) is 3.91. The molecule has 0 spiro atoms. The van der Waals surface area contributed by atoms with E-state index in [0.29, 0.717) is 23.3 Å². The number of hydrogen-bond donors (Lipinski definition) is 1. The average Bonchev–Trinajstić information content (AvgIpc) is 3.16. The Balaban J connectivity index is 2.01. The summed E-state index contributed by atoms with van der Waals surface area (Å²) in [5.74, 6) is 0. The molecule has 0 radical (unpaired) electrons. The van der Waals surface area contributed by atoms with Crippen LogP contribution in [0.3, 0.4) is 0 Å². The molecule has 5 nitrogen and oxygen atoms in total. The van der Waals surface area contributed by atoms with Gasteiger partial charge >= 0.3 is 0 Å². The lowest BCUT2D eigenvalue weighted by molar-refractivity contribution is -0.383. The molecule has 1 saturated carbocycles. The molecular weight excluding hydrogens is 289 g/mol. The van der Waals surface area contributed by atoms with Crippen LogP contribution in [0.4, 0.5) is 11.4 Å². The van der Waals surface area contributed by atoms with E-state index < -0.39 is 4.92 Å². The molecule has 0 amide bonds. The summed E-state index contributed by atoms with van der Waals surface area (Å²) >= 11 is 11.7. The molecule has 1 N–H and O–H groups in total. The van der Waals surface area contributed by atoms with Crippen LogP contribution in [0.1, 0.15) is 12.8 Å². The second-order valence-electron chi connectivity index (χ2n) is 4.68. The molecule has 0 aliphatic heterocycles. The third kappa shape index (κ3) is 3.72. The smallest absolute Gasteiger partial charge is 0.293 e. The summed E-state index contributed by atoms with van der Waals surface area (Å²) in [6.07, 6.45) is 2.48. The molecule has 0 unspecified atom stereocenters. The maximum atomic E-state index is 11.0. The summed E-state index contributed by atoms with van der Waals surface area (Å²) in [5.41, 5.74) is 0.354. The quantitative estimate of drug-likeness (QED) is 0.646. The van der Waals surface area contributed by atoms with Gasteiger partial charge in [-0.25, -0.2) is 0 Å². The zero-order valence-electron chi connectivity index (χ0n) is 10.5. The van der Waals surface area contributed by atoms with Gasteiger partial charge in [0.1, 0.15) is 5.69 Å². The molecule has 1 aromatic rings. The predicted octanol–water partition coefficient (Wildman–Crippen LogP) is 3.41. The van der Waals surface area contributed by atoms with Crippen LogP contribution >= 0.6 is 23.2 Å². The lowest BCUT2D eigenvalue weighted by atomic mass is 10.2. The van der Waals surface area contributed by atoms with Gasteiger partial charge in [0.05, 0.1) is 15.0 Å². The van der Waals surface area contributed by atoms with Gasteiger partial charge in [-0.05, 0) is 26.0 Å². The molecule has 1 aliphatic rings. The number of nitrogens with one attached hydrogen (secondary N) is 1. The van der Waals surface area contributed by atoms with Crippen molar-refractivity contribution in [3.63, 3.8) is 0 Å². The summed E-state index contributed by atoms with van der Waals surface area (Å²) in [5, 5.41) is 14.5. The van der Waals surface area contributed by atoms with Crippen LogP contribution in [0.15, 0.2) is 12.1 Å². The maximum absolute atomic E-state index is 11.0. The first-order chi connectivity index (χ1) is 8.99. The first-order valence-corrected chi connectivity index (χ1v) is 6.82. The average molecular weight is 304 g/mol. The first kappa shape index (κ1) is 14.4. The van der Waals surface area contributed by atoms with Crippen molar-refractivity contribution in [3.05, 3.63) is 32.3 Å². The van der Waals surface area contributed by atoms with Gasteiger partial charge in [-0.3, -0.25) is 10.1 Å². The van der Waals surface area contributed by atoms with E-state index in [1.807, 2.05) is 0 Å². The lowest BCUT2D eigenvalue weighted by Gasteiger charge is -2.16. The van der Waals surface area contributed by atoms with Gasteiger partial charge in [-0.2, -0.15) is 0 Å². The number of benzene rings is 1.